The second-order valence-electron chi connectivity index (χ2n) is 6.57. The summed E-state index contributed by atoms with van der Waals surface area (Å²) in [5, 5.41) is 7.97. The number of para-hydroxylation sites is 1. The molecule has 9 heteroatoms. The predicted molar refractivity (Wildman–Crippen MR) is 115 cm³/mol. The van der Waals surface area contributed by atoms with Gasteiger partial charge in [0, 0.05) is 23.1 Å². The van der Waals surface area contributed by atoms with Crippen LogP contribution < -0.4 is 10.1 Å². The van der Waals surface area contributed by atoms with Crippen LogP contribution in [0.5, 0.6) is 11.6 Å². The number of thioether (sulfide) groups is 1. The van der Waals surface area contributed by atoms with Crippen LogP contribution in [0.1, 0.15) is 17.0 Å². The van der Waals surface area contributed by atoms with Crippen LogP contribution in [0.15, 0.2) is 53.8 Å². The van der Waals surface area contributed by atoms with Gasteiger partial charge in [0.15, 0.2) is 0 Å². The first kappa shape index (κ1) is 19.8. The normalized spacial score (nSPS) is 10.9. The van der Waals surface area contributed by atoms with Gasteiger partial charge in [0.1, 0.15) is 11.4 Å². The van der Waals surface area contributed by atoms with Crippen molar-refractivity contribution >= 4 is 29.1 Å². The minimum Gasteiger partial charge on any atom is -0.437 e. The number of nitrogens with zero attached hydrogens (tertiary/aromatic N) is 5. The van der Waals surface area contributed by atoms with Gasteiger partial charge in [0.2, 0.25) is 16.9 Å². The summed E-state index contributed by atoms with van der Waals surface area (Å²) in [5.41, 5.74) is 2.91. The largest absolute Gasteiger partial charge is 0.437 e. The van der Waals surface area contributed by atoms with Gasteiger partial charge in [-0.1, -0.05) is 30.0 Å². The lowest BCUT2D eigenvalue weighted by atomic mass is 10.1. The van der Waals surface area contributed by atoms with E-state index in [0.717, 1.165) is 17.0 Å². The Kier molecular flexibility index (Phi) is 5.62. The number of aromatic nitrogens is 5. The summed E-state index contributed by atoms with van der Waals surface area (Å²) in [7, 11) is 0. The van der Waals surface area contributed by atoms with Crippen molar-refractivity contribution in [2.75, 3.05) is 11.6 Å². The number of fused-ring (bicyclic) bond motifs is 1. The lowest BCUT2D eigenvalue weighted by molar-refractivity contribution is -0.115. The van der Waals surface area contributed by atoms with Crippen LogP contribution in [0.2, 0.25) is 0 Å². The van der Waals surface area contributed by atoms with Crippen LogP contribution in [0.25, 0.3) is 5.78 Å². The molecule has 0 aliphatic heterocycles. The van der Waals surface area contributed by atoms with Crippen molar-refractivity contribution in [3.63, 3.8) is 0 Å². The predicted octanol–water partition coefficient (Wildman–Crippen LogP) is 3.83. The standard InChI is InChI=1S/C21H20N6O2S/c1-13-16(14(2)27-20(23-13)25-21(26-27)30-3)12-18(28)24-17-10-7-11-22-19(17)29-15-8-5-4-6-9-15/h4-11H,12H2,1-3H3,(H,24,28). The third-order valence-electron chi connectivity index (χ3n) is 4.55. The molecule has 0 aliphatic rings. The zero-order chi connectivity index (χ0) is 21.1. The molecule has 0 saturated carbocycles. The average molecular weight is 420 g/mol. The highest BCUT2D eigenvalue weighted by molar-refractivity contribution is 7.98. The van der Waals surface area contributed by atoms with Crippen molar-refractivity contribution in [2.45, 2.75) is 25.4 Å². The van der Waals surface area contributed by atoms with E-state index in [9.17, 15) is 4.79 Å². The Labute approximate surface area is 177 Å². The number of carbonyl (C=O) groups excluding carboxylic acids is 1. The van der Waals surface area contributed by atoms with E-state index in [-0.39, 0.29) is 12.3 Å². The summed E-state index contributed by atoms with van der Waals surface area (Å²) in [6.07, 6.45) is 3.68. The van der Waals surface area contributed by atoms with Crippen molar-refractivity contribution in [2.24, 2.45) is 0 Å². The number of benzene rings is 1. The lowest BCUT2D eigenvalue weighted by Gasteiger charge is -2.13. The monoisotopic (exact) mass is 420 g/mol. The molecule has 0 unspecified atom stereocenters. The summed E-state index contributed by atoms with van der Waals surface area (Å²) < 4.78 is 7.49. The molecule has 0 aliphatic carbocycles. The van der Waals surface area contributed by atoms with Crippen LogP contribution in [0, 0.1) is 13.8 Å². The molecule has 4 rings (SSSR count). The fraction of sp³-hybridized carbons (Fsp3) is 0.190. The SMILES string of the molecule is CSc1nc2nc(C)c(CC(=O)Nc3cccnc3Oc3ccccc3)c(C)n2n1. The molecule has 1 N–H and O–H groups in total. The molecule has 0 spiro atoms. The summed E-state index contributed by atoms with van der Waals surface area (Å²) in [5.74, 6) is 1.31. The third-order valence-corrected chi connectivity index (χ3v) is 5.09. The molecular formula is C21H20N6O2S. The number of aryl methyl sites for hydroxylation is 2. The van der Waals surface area contributed by atoms with Gasteiger partial charge in [-0.25, -0.2) is 14.5 Å². The number of hydrogen-bond acceptors (Lipinski definition) is 7. The van der Waals surface area contributed by atoms with E-state index in [2.05, 4.69) is 25.4 Å². The van der Waals surface area contributed by atoms with E-state index in [4.69, 9.17) is 4.74 Å². The fourth-order valence-electron chi connectivity index (χ4n) is 3.05. The van der Waals surface area contributed by atoms with E-state index in [1.165, 1.54) is 11.8 Å². The zero-order valence-electron chi connectivity index (χ0n) is 16.8. The van der Waals surface area contributed by atoms with Gasteiger partial charge in [-0.3, -0.25) is 4.79 Å². The first-order valence-corrected chi connectivity index (χ1v) is 10.5. The summed E-state index contributed by atoms with van der Waals surface area (Å²) in [6.45, 7) is 3.79. The van der Waals surface area contributed by atoms with Crippen molar-refractivity contribution in [1.82, 2.24) is 24.6 Å². The van der Waals surface area contributed by atoms with E-state index in [0.29, 0.717) is 28.3 Å². The first-order valence-electron chi connectivity index (χ1n) is 9.29. The smallest absolute Gasteiger partial charge is 0.253 e. The van der Waals surface area contributed by atoms with Gasteiger partial charge in [-0.05, 0) is 44.4 Å². The highest BCUT2D eigenvalue weighted by atomic mass is 32.2. The summed E-state index contributed by atoms with van der Waals surface area (Å²) in [6, 6.07) is 12.8. The number of rotatable bonds is 6. The molecule has 30 heavy (non-hydrogen) atoms. The molecule has 1 amide bonds. The van der Waals surface area contributed by atoms with E-state index < -0.39 is 0 Å². The van der Waals surface area contributed by atoms with Crippen molar-refractivity contribution in [3.8, 4) is 11.6 Å². The highest BCUT2D eigenvalue weighted by Gasteiger charge is 2.17. The Morgan fingerprint density at radius 1 is 1.13 bits per heavy atom. The van der Waals surface area contributed by atoms with Gasteiger partial charge in [-0.15, -0.1) is 5.10 Å². The third kappa shape index (κ3) is 4.11. The Morgan fingerprint density at radius 3 is 2.70 bits per heavy atom. The van der Waals surface area contributed by atoms with Crippen LogP contribution in [-0.4, -0.2) is 36.7 Å². The Hall–Kier alpha value is -3.46. The lowest BCUT2D eigenvalue weighted by Crippen LogP contribution is -2.18. The van der Waals surface area contributed by atoms with E-state index in [1.807, 2.05) is 50.4 Å². The molecule has 0 saturated heterocycles. The molecule has 1 aromatic carbocycles. The Balaban J connectivity index is 1.56. The number of pyridine rings is 1. The topological polar surface area (TPSA) is 94.3 Å². The molecule has 0 bridgehead atoms. The number of ether oxygens (including phenoxy) is 1. The molecule has 152 valence electrons. The van der Waals surface area contributed by atoms with Gasteiger partial charge in [0.05, 0.1) is 6.42 Å². The van der Waals surface area contributed by atoms with E-state index >= 15 is 0 Å². The van der Waals surface area contributed by atoms with Crippen LogP contribution in [0.3, 0.4) is 0 Å². The first-order chi connectivity index (χ1) is 14.5. The van der Waals surface area contributed by atoms with Gasteiger partial charge < -0.3 is 10.1 Å². The van der Waals surface area contributed by atoms with Crippen LogP contribution in [0.4, 0.5) is 5.69 Å². The van der Waals surface area contributed by atoms with E-state index in [1.54, 1.807) is 22.8 Å². The van der Waals surface area contributed by atoms with Gasteiger partial charge >= 0.3 is 0 Å². The van der Waals surface area contributed by atoms with Crippen LogP contribution >= 0.6 is 11.8 Å². The van der Waals surface area contributed by atoms with Crippen LogP contribution in [-0.2, 0) is 11.2 Å². The molecule has 3 aromatic heterocycles. The maximum absolute atomic E-state index is 12.8. The summed E-state index contributed by atoms with van der Waals surface area (Å²) >= 11 is 1.45. The minimum atomic E-state index is -0.196. The Morgan fingerprint density at radius 2 is 1.93 bits per heavy atom. The summed E-state index contributed by atoms with van der Waals surface area (Å²) in [4.78, 5) is 25.9. The number of hydrogen-bond donors (Lipinski definition) is 1. The number of amides is 1. The second-order valence-corrected chi connectivity index (χ2v) is 7.34. The average Bonchev–Trinajstić information content (AvgIpc) is 3.16. The molecule has 3 heterocycles. The second kappa shape index (κ2) is 8.50. The fourth-order valence-corrected chi connectivity index (χ4v) is 3.39. The maximum Gasteiger partial charge on any atom is 0.253 e. The van der Waals surface area contributed by atoms with Gasteiger partial charge in [-0.2, -0.15) is 4.98 Å². The van der Waals surface area contributed by atoms with Crippen molar-refractivity contribution in [1.29, 1.82) is 0 Å². The minimum absolute atomic E-state index is 0.148. The molecule has 8 nitrogen and oxygen atoms in total. The molecule has 0 radical (unpaired) electrons. The molecule has 0 fully saturated rings. The Bertz CT molecular complexity index is 1210. The highest BCUT2D eigenvalue weighted by Crippen LogP contribution is 2.27. The maximum atomic E-state index is 12.8. The van der Waals surface area contributed by atoms with Crippen molar-refractivity contribution in [3.05, 3.63) is 65.6 Å². The number of anilines is 1. The van der Waals surface area contributed by atoms with Gasteiger partial charge in [0.25, 0.3) is 5.78 Å². The quantitative estimate of drug-likeness (QED) is 0.474. The molecular weight excluding hydrogens is 400 g/mol. The zero-order valence-corrected chi connectivity index (χ0v) is 17.6. The number of nitrogens with one attached hydrogen (secondary N) is 1. The molecule has 4 aromatic rings. The molecule has 0 atom stereocenters. The van der Waals surface area contributed by atoms with Crippen molar-refractivity contribution < 1.29 is 9.53 Å². The number of carbonyl (C=O) groups is 1.